The maximum Gasteiger partial charge on any atom is 0.255 e. The summed E-state index contributed by atoms with van der Waals surface area (Å²) in [4.78, 5) is 14.3. The average molecular weight is 281 g/mol. The molecule has 104 valence electrons. The minimum Gasteiger partial charge on any atom is -0.398 e. The quantitative estimate of drug-likeness (QED) is 0.842. The summed E-state index contributed by atoms with van der Waals surface area (Å²) in [6.07, 6.45) is 4.52. The summed E-state index contributed by atoms with van der Waals surface area (Å²) >= 11 is 6.12. The monoisotopic (exact) mass is 280 g/mol. The number of rotatable bonds is 2. The van der Waals surface area contributed by atoms with Crippen LogP contribution in [0.1, 0.15) is 43.0 Å². The van der Waals surface area contributed by atoms with Crippen molar-refractivity contribution in [3.05, 3.63) is 28.8 Å². The third-order valence-electron chi connectivity index (χ3n) is 4.11. The van der Waals surface area contributed by atoms with E-state index < -0.39 is 0 Å². The largest absolute Gasteiger partial charge is 0.398 e. The van der Waals surface area contributed by atoms with Crippen LogP contribution in [-0.4, -0.2) is 23.9 Å². The molecule has 0 heterocycles. The number of amides is 1. The lowest BCUT2D eigenvalue weighted by Crippen LogP contribution is -2.39. The highest BCUT2D eigenvalue weighted by Gasteiger charge is 2.26. The fraction of sp³-hybridized carbons (Fsp3) is 0.533. The molecule has 0 spiro atoms. The van der Waals surface area contributed by atoms with Crippen LogP contribution in [0.25, 0.3) is 0 Å². The lowest BCUT2D eigenvalue weighted by molar-refractivity contribution is 0.0680. The molecule has 1 aromatic carbocycles. The van der Waals surface area contributed by atoms with E-state index >= 15 is 0 Å². The smallest absolute Gasteiger partial charge is 0.255 e. The molecule has 0 aliphatic heterocycles. The number of nitrogen functional groups attached to an aromatic ring is 1. The first-order chi connectivity index (χ1) is 9.00. The van der Waals surface area contributed by atoms with Gasteiger partial charge in [0.15, 0.2) is 0 Å². The van der Waals surface area contributed by atoms with Crippen molar-refractivity contribution in [1.82, 2.24) is 4.90 Å². The normalized spacial score (nSPS) is 23.1. The Hall–Kier alpha value is -1.22. The van der Waals surface area contributed by atoms with E-state index in [1.54, 1.807) is 18.2 Å². The summed E-state index contributed by atoms with van der Waals surface area (Å²) in [7, 11) is 1.86. The van der Waals surface area contributed by atoms with Gasteiger partial charge in [0.2, 0.25) is 0 Å². The zero-order valence-electron chi connectivity index (χ0n) is 11.5. The number of hydrogen-bond donors (Lipinski definition) is 1. The molecule has 2 rings (SSSR count). The van der Waals surface area contributed by atoms with Gasteiger partial charge in [0.05, 0.1) is 16.3 Å². The molecule has 0 atom stereocenters. The third kappa shape index (κ3) is 3.03. The fourth-order valence-electron chi connectivity index (χ4n) is 2.70. The summed E-state index contributed by atoms with van der Waals surface area (Å²) in [5.41, 5.74) is 6.71. The lowest BCUT2D eigenvalue weighted by atomic mass is 9.86. The second kappa shape index (κ2) is 5.83. The Morgan fingerprint density at radius 3 is 2.58 bits per heavy atom. The molecule has 1 fully saturated rings. The molecule has 2 N–H and O–H groups in total. The number of benzene rings is 1. The SMILES string of the molecule is CC1CCC(N(C)C(=O)c2cccc(N)c2Cl)CC1. The zero-order valence-corrected chi connectivity index (χ0v) is 12.3. The molecule has 0 unspecified atom stereocenters. The molecule has 1 aromatic rings. The number of carbonyl (C=O) groups excluding carboxylic acids is 1. The molecule has 4 heteroatoms. The molecule has 0 radical (unpaired) electrons. The summed E-state index contributed by atoms with van der Waals surface area (Å²) in [6.45, 7) is 2.27. The van der Waals surface area contributed by atoms with Gasteiger partial charge in [0.1, 0.15) is 0 Å². The van der Waals surface area contributed by atoms with Gasteiger partial charge in [0.25, 0.3) is 5.91 Å². The van der Waals surface area contributed by atoms with Gasteiger partial charge in [0, 0.05) is 13.1 Å². The van der Waals surface area contributed by atoms with E-state index in [4.69, 9.17) is 17.3 Å². The van der Waals surface area contributed by atoms with Crippen LogP contribution in [-0.2, 0) is 0 Å². The standard InChI is InChI=1S/C15H21ClN2O/c1-10-6-8-11(9-7-10)18(2)15(19)12-4-3-5-13(17)14(12)16/h3-5,10-11H,6-9,17H2,1-2H3. The number of nitrogens with zero attached hydrogens (tertiary/aromatic N) is 1. The van der Waals surface area contributed by atoms with Crippen LogP contribution in [0.3, 0.4) is 0 Å². The molecule has 1 saturated carbocycles. The van der Waals surface area contributed by atoms with Gasteiger partial charge in [-0.2, -0.15) is 0 Å². The van der Waals surface area contributed by atoms with Crippen molar-refractivity contribution in [2.75, 3.05) is 12.8 Å². The van der Waals surface area contributed by atoms with E-state index in [0.29, 0.717) is 22.3 Å². The van der Waals surface area contributed by atoms with E-state index in [1.165, 1.54) is 12.8 Å². The maximum atomic E-state index is 12.5. The number of halogens is 1. The van der Waals surface area contributed by atoms with Crippen LogP contribution in [0.5, 0.6) is 0 Å². The van der Waals surface area contributed by atoms with E-state index in [9.17, 15) is 4.79 Å². The van der Waals surface area contributed by atoms with E-state index in [-0.39, 0.29) is 5.91 Å². The second-order valence-electron chi connectivity index (χ2n) is 5.54. The van der Waals surface area contributed by atoms with Gasteiger partial charge in [-0.15, -0.1) is 0 Å². The number of hydrogen-bond acceptors (Lipinski definition) is 2. The highest BCUT2D eigenvalue weighted by atomic mass is 35.5. The van der Waals surface area contributed by atoms with Crippen LogP contribution in [0.15, 0.2) is 18.2 Å². The van der Waals surface area contributed by atoms with Crippen LogP contribution < -0.4 is 5.73 Å². The van der Waals surface area contributed by atoms with Crippen molar-refractivity contribution in [3.63, 3.8) is 0 Å². The minimum absolute atomic E-state index is 0.0307. The fourth-order valence-corrected chi connectivity index (χ4v) is 2.91. The zero-order chi connectivity index (χ0) is 14.0. The van der Waals surface area contributed by atoms with Crippen molar-refractivity contribution < 1.29 is 4.79 Å². The summed E-state index contributed by atoms with van der Waals surface area (Å²) < 4.78 is 0. The molecule has 19 heavy (non-hydrogen) atoms. The summed E-state index contributed by atoms with van der Waals surface area (Å²) in [5.74, 6) is 0.743. The third-order valence-corrected chi connectivity index (χ3v) is 4.53. The lowest BCUT2D eigenvalue weighted by Gasteiger charge is -2.33. The van der Waals surface area contributed by atoms with Gasteiger partial charge >= 0.3 is 0 Å². The molecule has 0 saturated heterocycles. The maximum absolute atomic E-state index is 12.5. The molecule has 1 aliphatic rings. The Labute approximate surface area is 119 Å². The van der Waals surface area contributed by atoms with E-state index in [1.807, 2.05) is 11.9 Å². The van der Waals surface area contributed by atoms with Crippen molar-refractivity contribution in [2.45, 2.75) is 38.6 Å². The molecule has 3 nitrogen and oxygen atoms in total. The summed E-state index contributed by atoms with van der Waals surface area (Å²) in [6, 6.07) is 5.54. The predicted molar refractivity (Wildman–Crippen MR) is 79.4 cm³/mol. The van der Waals surface area contributed by atoms with Crippen molar-refractivity contribution in [2.24, 2.45) is 5.92 Å². The number of anilines is 1. The molecule has 0 aromatic heterocycles. The Bertz CT molecular complexity index is 467. The molecule has 0 bridgehead atoms. The topological polar surface area (TPSA) is 46.3 Å². The van der Waals surface area contributed by atoms with Gasteiger partial charge in [-0.05, 0) is 43.7 Å². The van der Waals surface area contributed by atoms with Crippen LogP contribution in [0.4, 0.5) is 5.69 Å². The average Bonchev–Trinajstić information content (AvgIpc) is 2.41. The number of carbonyl (C=O) groups is 1. The second-order valence-corrected chi connectivity index (χ2v) is 5.92. The van der Waals surface area contributed by atoms with Crippen LogP contribution in [0.2, 0.25) is 5.02 Å². The van der Waals surface area contributed by atoms with Crippen molar-refractivity contribution in [1.29, 1.82) is 0 Å². The Morgan fingerprint density at radius 2 is 1.95 bits per heavy atom. The summed E-state index contributed by atoms with van der Waals surface area (Å²) in [5, 5.41) is 0.364. The molecular weight excluding hydrogens is 260 g/mol. The van der Waals surface area contributed by atoms with Crippen molar-refractivity contribution in [3.8, 4) is 0 Å². The molecule has 1 amide bonds. The first-order valence-corrected chi connectivity index (χ1v) is 7.19. The van der Waals surface area contributed by atoms with Gasteiger partial charge in [-0.1, -0.05) is 24.6 Å². The Balaban J connectivity index is 2.13. The Morgan fingerprint density at radius 1 is 1.32 bits per heavy atom. The predicted octanol–water partition coefficient (Wildman–Crippen LogP) is 3.57. The number of nitrogens with two attached hydrogens (primary N) is 1. The van der Waals surface area contributed by atoms with Gasteiger partial charge < -0.3 is 10.6 Å². The van der Waals surface area contributed by atoms with Crippen LogP contribution >= 0.6 is 11.6 Å². The Kier molecular flexibility index (Phi) is 4.35. The van der Waals surface area contributed by atoms with E-state index in [0.717, 1.165) is 18.8 Å². The van der Waals surface area contributed by atoms with Gasteiger partial charge in [-0.25, -0.2) is 0 Å². The first-order valence-electron chi connectivity index (χ1n) is 6.82. The highest BCUT2D eigenvalue weighted by Crippen LogP contribution is 2.29. The minimum atomic E-state index is -0.0307. The molecular formula is C15H21ClN2O. The van der Waals surface area contributed by atoms with Crippen LogP contribution in [0, 0.1) is 5.92 Å². The van der Waals surface area contributed by atoms with E-state index in [2.05, 4.69) is 6.92 Å². The molecule has 1 aliphatic carbocycles. The van der Waals surface area contributed by atoms with Crippen molar-refractivity contribution >= 4 is 23.2 Å². The highest BCUT2D eigenvalue weighted by molar-refractivity contribution is 6.36. The first kappa shape index (κ1) is 14.2. The van der Waals surface area contributed by atoms with Gasteiger partial charge in [-0.3, -0.25) is 4.79 Å².